The molecular weight excluding hydrogens is 336 g/mol. The minimum atomic E-state index is -4.46. The van der Waals surface area contributed by atoms with Crippen LogP contribution in [0.4, 0.5) is 28.0 Å². The number of anilines is 1. The molecule has 25 heavy (non-hydrogen) atoms. The van der Waals surface area contributed by atoms with Gasteiger partial charge in [-0.2, -0.15) is 13.2 Å². The lowest BCUT2D eigenvalue weighted by molar-refractivity contribution is -0.138. The van der Waals surface area contributed by atoms with Crippen molar-refractivity contribution in [1.29, 1.82) is 0 Å². The minimum Gasteiger partial charge on any atom is -0.318 e. The van der Waals surface area contributed by atoms with E-state index < -0.39 is 11.7 Å². The molecule has 1 aliphatic rings. The summed E-state index contributed by atoms with van der Waals surface area (Å²) in [6.45, 7) is 2.36. The smallest absolute Gasteiger partial charge is 0.318 e. The summed E-state index contributed by atoms with van der Waals surface area (Å²) in [5.41, 5.74) is 0.320. The second kappa shape index (κ2) is 6.38. The van der Waals surface area contributed by atoms with E-state index in [9.17, 15) is 22.4 Å². The lowest BCUT2D eigenvalue weighted by Crippen LogP contribution is -2.32. The van der Waals surface area contributed by atoms with Gasteiger partial charge in [0.25, 0.3) is 0 Å². The van der Waals surface area contributed by atoms with Crippen LogP contribution < -0.4 is 4.90 Å². The average Bonchev–Trinajstić information content (AvgIpc) is 2.90. The SMILES string of the molecule is Cc1c(N2CCN(Cc3ccc(F)cc3)C2=O)cccc1C(F)(F)F. The van der Waals surface area contributed by atoms with Gasteiger partial charge < -0.3 is 4.90 Å². The molecular formula is C18H16F4N2O. The monoisotopic (exact) mass is 352 g/mol. The van der Waals surface area contributed by atoms with E-state index in [1.54, 1.807) is 12.1 Å². The highest BCUT2D eigenvalue weighted by molar-refractivity contribution is 5.95. The maximum atomic E-state index is 13.1. The summed E-state index contributed by atoms with van der Waals surface area (Å²) in [6, 6.07) is 9.27. The Labute approximate surface area is 142 Å². The minimum absolute atomic E-state index is 0.0342. The Balaban J connectivity index is 1.81. The van der Waals surface area contributed by atoms with Gasteiger partial charge in [0, 0.05) is 25.3 Å². The van der Waals surface area contributed by atoms with Crippen LogP contribution in [0.25, 0.3) is 0 Å². The van der Waals surface area contributed by atoms with Gasteiger partial charge in [-0.05, 0) is 42.3 Å². The molecule has 1 fully saturated rings. The lowest BCUT2D eigenvalue weighted by atomic mass is 10.1. The molecule has 0 aromatic heterocycles. The second-order valence-corrected chi connectivity index (χ2v) is 5.93. The predicted molar refractivity (Wildman–Crippen MR) is 85.7 cm³/mol. The summed E-state index contributed by atoms with van der Waals surface area (Å²) in [4.78, 5) is 15.5. The van der Waals surface area contributed by atoms with Crippen LogP contribution >= 0.6 is 0 Å². The number of carbonyl (C=O) groups excluding carboxylic acids is 1. The number of alkyl halides is 3. The molecule has 0 spiro atoms. The van der Waals surface area contributed by atoms with Gasteiger partial charge >= 0.3 is 12.2 Å². The fraction of sp³-hybridized carbons (Fsp3) is 0.278. The van der Waals surface area contributed by atoms with Crippen molar-refractivity contribution < 1.29 is 22.4 Å². The fourth-order valence-electron chi connectivity index (χ4n) is 2.99. The van der Waals surface area contributed by atoms with Gasteiger partial charge in [0.1, 0.15) is 5.82 Å². The molecule has 0 unspecified atom stereocenters. The predicted octanol–water partition coefficient (Wildman–Crippen LogP) is 4.60. The van der Waals surface area contributed by atoms with Gasteiger partial charge in [-0.15, -0.1) is 0 Å². The van der Waals surface area contributed by atoms with Crippen molar-refractivity contribution in [3.05, 3.63) is 65.0 Å². The van der Waals surface area contributed by atoms with Crippen LogP contribution in [-0.2, 0) is 12.7 Å². The van der Waals surface area contributed by atoms with Crippen molar-refractivity contribution in [2.75, 3.05) is 18.0 Å². The highest BCUT2D eigenvalue weighted by atomic mass is 19.4. The second-order valence-electron chi connectivity index (χ2n) is 5.93. The number of benzene rings is 2. The van der Waals surface area contributed by atoms with Crippen LogP contribution in [0.3, 0.4) is 0 Å². The molecule has 2 aromatic rings. The molecule has 0 atom stereocenters. The normalized spacial score (nSPS) is 15.2. The van der Waals surface area contributed by atoms with Crippen molar-refractivity contribution in [3.8, 4) is 0 Å². The number of hydrogen-bond acceptors (Lipinski definition) is 1. The molecule has 7 heteroatoms. The zero-order valence-corrected chi connectivity index (χ0v) is 13.5. The van der Waals surface area contributed by atoms with Crippen LogP contribution in [0.15, 0.2) is 42.5 Å². The molecule has 1 heterocycles. The Bertz CT molecular complexity index is 787. The van der Waals surface area contributed by atoms with Gasteiger partial charge in [0.15, 0.2) is 0 Å². The van der Waals surface area contributed by atoms with Gasteiger partial charge in [-0.25, -0.2) is 9.18 Å². The molecule has 3 rings (SSSR count). The van der Waals surface area contributed by atoms with Gasteiger partial charge in [-0.3, -0.25) is 4.90 Å². The lowest BCUT2D eigenvalue weighted by Gasteiger charge is -2.22. The molecule has 0 N–H and O–H groups in total. The molecule has 0 radical (unpaired) electrons. The first-order valence-corrected chi connectivity index (χ1v) is 7.75. The number of rotatable bonds is 3. The maximum Gasteiger partial charge on any atom is 0.416 e. The summed E-state index contributed by atoms with van der Waals surface area (Å²) >= 11 is 0. The highest BCUT2D eigenvalue weighted by Gasteiger charge is 2.36. The zero-order valence-electron chi connectivity index (χ0n) is 13.5. The van der Waals surface area contributed by atoms with Crippen LogP contribution in [0.1, 0.15) is 16.7 Å². The van der Waals surface area contributed by atoms with Crippen molar-refractivity contribution in [2.45, 2.75) is 19.6 Å². The van der Waals surface area contributed by atoms with Crippen molar-refractivity contribution in [2.24, 2.45) is 0 Å². The number of urea groups is 1. The van der Waals surface area contributed by atoms with E-state index in [0.717, 1.165) is 11.6 Å². The summed E-state index contributed by atoms with van der Waals surface area (Å²) in [7, 11) is 0. The van der Waals surface area contributed by atoms with E-state index >= 15 is 0 Å². The third-order valence-corrected chi connectivity index (χ3v) is 4.28. The summed E-state index contributed by atoms with van der Waals surface area (Å²) < 4.78 is 52.2. The molecule has 2 aromatic carbocycles. The van der Waals surface area contributed by atoms with Crippen LogP contribution in [0.2, 0.25) is 0 Å². The molecule has 3 nitrogen and oxygen atoms in total. The first kappa shape index (κ1) is 17.3. The first-order valence-electron chi connectivity index (χ1n) is 7.75. The third kappa shape index (κ3) is 3.45. The molecule has 0 saturated carbocycles. The van der Waals surface area contributed by atoms with E-state index in [1.165, 1.54) is 41.0 Å². The Hall–Kier alpha value is -2.57. The number of carbonyl (C=O) groups is 1. The standard InChI is InChI=1S/C18H16F4N2O/c1-12-15(18(20,21)22)3-2-4-16(12)24-10-9-23(17(24)25)11-13-5-7-14(19)8-6-13/h2-8H,9-11H2,1H3. The van der Waals surface area contributed by atoms with Crippen LogP contribution in [-0.4, -0.2) is 24.0 Å². The third-order valence-electron chi connectivity index (χ3n) is 4.28. The number of hydrogen-bond donors (Lipinski definition) is 0. The van der Waals surface area contributed by atoms with E-state index in [1.807, 2.05) is 0 Å². The number of nitrogens with zero attached hydrogens (tertiary/aromatic N) is 2. The summed E-state index contributed by atoms with van der Waals surface area (Å²) in [6.07, 6.45) is -4.46. The molecule has 0 bridgehead atoms. The highest BCUT2D eigenvalue weighted by Crippen LogP contribution is 2.36. The molecule has 1 aliphatic heterocycles. The molecule has 1 saturated heterocycles. The van der Waals surface area contributed by atoms with Crippen molar-refractivity contribution in [3.63, 3.8) is 0 Å². The van der Waals surface area contributed by atoms with Crippen molar-refractivity contribution >= 4 is 11.7 Å². The maximum absolute atomic E-state index is 13.1. The summed E-state index contributed by atoms with van der Waals surface area (Å²) in [5.74, 6) is -0.363. The molecule has 0 aliphatic carbocycles. The Kier molecular flexibility index (Phi) is 4.41. The quantitative estimate of drug-likeness (QED) is 0.741. The molecule has 132 valence electrons. The van der Waals surface area contributed by atoms with Crippen LogP contribution in [0, 0.1) is 12.7 Å². The van der Waals surface area contributed by atoms with E-state index in [2.05, 4.69) is 0 Å². The van der Waals surface area contributed by atoms with Gasteiger partial charge in [0.2, 0.25) is 0 Å². The van der Waals surface area contributed by atoms with Crippen molar-refractivity contribution in [1.82, 2.24) is 4.90 Å². The number of amides is 2. The topological polar surface area (TPSA) is 23.6 Å². The largest absolute Gasteiger partial charge is 0.416 e. The molecule has 2 amide bonds. The van der Waals surface area contributed by atoms with E-state index in [-0.39, 0.29) is 29.6 Å². The first-order chi connectivity index (χ1) is 11.8. The van der Waals surface area contributed by atoms with Crippen LogP contribution in [0.5, 0.6) is 0 Å². The number of halogens is 4. The Morgan fingerprint density at radius 1 is 1.04 bits per heavy atom. The zero-order chi connectivity index (χ0) is 18.2. The van der Waals surface area contributed by atoms with E-state index in [4.69, 9.17) is 0 Å². The van der Waals surface area contributed by atoms with Gasteiger partial charge in [-0.1, -0.05) is 18.2 Å². The fourth-order valence-corrected chi connectivity index (χ4v) is 2.99. The van der Waals surface area contributed by atoms with Gasteiger partial charge in [0.05, 0.1) is 5.56 Å². The summed E-state index contributed by atoms with van der Waals surface area (Å²) in [5, 5.41) is 0. The van der Waals surface area contributed by atoms with E-state index in [0.29, 0.717) is 13.1 Å². The average molecular weight is 352 g/mol. The Morgan fingerprint density at radius 2 is 1.72 bits per heavy atom. The Morgan fingerprint density at radius 3 is 2.36 bits per heavy atom.